The van der Waals surface area contributed by atoms with Crippen LogP contribution in [0.15, 0.2) is 46.3 Å². The second-order valence-corrected chi connectivity index (χ2v) is 9.41. The molecule has 1 aromatic carbocycles. The van der Waals surface area contributed by atoms with Gasteiger partial charge in [0.1, 0.15) is 11.9 Å². The minimum Gasteiger partial charge on any atom is -0.344 e. The monoisotopic (exact) mass is 492 g/mol. The van der Waals surface area contributed by atoms with Crippen molar-refractivity contribution >= 4 is 39.1 Å². The van der Waals surface area contributed by atoms with Crippen molar-refractivity contribution in [2.75, 3.05) is 13.6 Å². The number of carbonyl (C=O) groups excluding carboxylic acids is 2. The Morgan fingerprint density at radius 2 is 2.10 bits per heavy atom. The van der Waals surface area contributed by atoms with Gasteiger partial charge in [0, 0.05) is 24.8 Å². The number of hydrogen-bond acceptors (Lipinski definition) is 4. The minimum atomic E-state index is -0.616. The molecule has 158 valence electrons. The summed E-state index contributed by atoms with van der Waals surface area (Å²) in [5.41, 5.74) is 2.32. The van der Waals surface area contributed by atoms with E-state index < -0.39 is 6.04 Å². The molecule has 9 heteroatoms. The number of aromatic nitrogens is 2. The lowest BCUT2D eigenvalue weighted by Gasteiger charge is -2.21. The quantitative estimate of drug-likeness (QED) is 0.493. The van der Waals surface area contributed by atoms with E-state index in [-0.39, 0.29) is 17.6 Å². The molecule has 0 radical (unpaired) electrons. The van der Waals surface area contributed by atoms with Gasteiger partial charge in [0.15, 0.2) is 0 Å². The molecule has 30 heavy (non-hydrogen) atoms. The van der Waals surface area contributed by atoms with Gasteiger partial charge in [0.2, 0.25) is 5.91 Å². The van der Waals surface area contributed by atoms with Crippen LogP contribution in [0.3, 0.4) is 0 Å². The molecule has 0 bridgehead atoms. The lowest BCUT2D eigenvalue weighted by atomic mass is 10.1. The number of H-pyrrole nitrogens is 1. The molecule has 2 amide bonds. The summed E-state index contributed by atoms with van der Waals surface area (Å²) in [5.74, 6) is -0.712. The Labute approximate surface area is 186 Å². The van der Waals surface area contributed by atoms with Crippen LogP contribution in [0.25, 0.3) is 11.3 Å². The topological polar surface area (TPSA) is 78.1 Å². The van der Waals surface area contributed by atoms with E-state index in [4.69, 9.17) is 0 Å². The summed E-state index contributed by atoms with van der Waals surface area (Å²) in [5, 5.41) is 9.93. The van der Waals surface area contributed by atoms with E-state index in [0.29, 0.717) is 29.1 Å². The zero-order valence-corrected chi connectivity index (χ0v) is 19.0. The van der Waals surface area contributed by atoms with E-state index in [1.54, 1.807) is 43.1 Å². The van der Waals surface area contributed by atoms with Gasteiger partial charge < -0.3 is 10.2 Å². The number of thiophene rings is 1. The van der Waals surface area contributed by atoms with Crippen LogP contribution in [0.2, 0.25) is 0 Å². The normalized spacial score (nSPS) is 11.9. The van der Waals surface area contributed by atoms with Crippen LogP contribution in [0.4, 0.5) is 4.39 Å². The molecule has 0 fully saturated rings. The van der Waals surface area contributed by atoms with Crippen LogP contribution in [-0.2, 0) is 11.2 Å². The summed E-state index contributed by atoms with van der Waals surface area (Å²) >= 11 is 4.64. The Bertz CT molecular complexity index is 1040. The van der Waals surface area contributed by atoms with Gasteiger partial charge in [-0.15, -0.1) is 11.3 Å². The first kappa shape index (κ1) is 22.2. The van der Waals surface area contributed by atoms with E-state index >= 15 is 0 Å². The number of nitrogens with one attached hydrogen (secondary N) is 2. The predicted octanol–water partition coefficient (Wildman–Crippen LogP) is 4.25. The number of aromatic amines is 1. The molecule has 2 N–H and O–H groups in total. The van der Waals surface area contributed by atoms with Gasteiger partial charge in [-0.1, -0.05) is 12.1 Å². The first-order chi connectivity index (χ1) is 14.3. The van der Waals surface area contributed by atoms with E-state index in [1.165, 1.54) is 23.5 Å². The zero-order chi connectivity index (χ0) is 21.7. The second kappa shape index (κ2) is 9.99. The predicted molar refractivity (Wildman–Crippen MR) is 119 cm³/mol. The molecule has 3 rings (SSSR count). The van der Waals surface area contributed by atoms with E-state index in [1.807, 2.05) is 6.07 Å². The molecule has 1 atom stereocenters. The number of benzene rings is 1. The third kappa shape index (κ3) is 5.76. The van der Waals surface area contributed by atoms with Crippen molar-refractivity contribution < 1.29 is 14.0 Å². The number of likely N-dealkylation sites (N-methyl/N-ethyl adjacent to an activating group) is 1. The van der Waals surface area contributed by atoms with Crippen LogP contribution in [0.5, 0.6) is 0 Å². The molecule has 0 aliphatic heterocycles. The Balaban J connectivity index is 1.46. The Hall–Kier alpha value is -2.52. The molecule has 2 heterocycles. The molecule has 0 aliphatic carbocycles. The molecule has 0 saturated carbocycles. The summed E-state index contributed by atoms with van der Waals surface area (Å²) in [6.07, 6.45) is 1.43. The van der Waals surface area contributed by atoms with Gasteiger partial charge in [0.25, 0.3) is 5.91 Å². The molecule has 2 aromatic heterocycles. The maximum absolute atomic E-state index is 13.4. The number of rotatable bonds is 8. The van der Waals surface area contributed by atoms with E-state index in [0.717, 1.165) is 15.9 Å². The zero-order valence-electron chi connectivity index (χ0n) is 16.6. The Morgan fingerprint density at radius 1 is 1.30 bits per heavy atom. The molecular weight excluding hydrogens is 471 g/mol. The van der Waals surface area contributed by atoms with Gasteiger partial charge in [-0.25, -0.2) is 4.39 Å². The number of carbonyl (C=O) groups is 2. The van der Waals surface area contributed by atoms with Crippen molar-refractivity contribution in [1.82, 2.24) is 20.4 Å². The summed E-state index contributed by atoms with van der Waals surface area (Å²) in [6, 6.07) is 11.1. The smallest absolute Gasteiger partial charge is 0.262 e. The molecule has 6 nitrogen and oxygen atoms in total. The van der Waals surface area contributed by atoms with Gasteiger partial charge in [0.05, 0.1) is 14.4 Å². The van der Waals surface area contributed by atoms with Gasteiger partial charge >= 0.3 is 0 Å². The van der Waals surface area contributed by atoms with Crippen molar-refractivity contribution in [1.29, 1.82) is 0 Å². The van der Waals surface area contributed by atoms with Crippen LogP contribution in [-0.4, -0.2) is 46.5 Å². The number of hydrogen-bond donors (Lipinski definition) is 2. The van der Waals surface area contributed by atoms with Gasteiger partial charge in [-0.2, -0.15) is 5.10 Å². The molecule has 3 aromatic rings. The number of aryl methyl sites for hydroxylation is 1. The largest absolute Gasteiger partial charge is 0.344 e. The summed E-state index contributed by atoms with van der Waals surface area (Å²) < 4.78 is 14.2. The van der Waals surface area contributed by atoms with Gasteiger partial charge in [-0.3, -0.25) is 14.7 Å². The lowest BCUT2D eigenvalue weighted by Crippen LogP contribution is -2.45. The average Bonchev–Trinajstić information content (AvgIpc) is 3.36. The average molecular weight is 493 g/mol. The molecule has 0 aliphatic rings. The van der Waals surface area contributed by atoms with Crippen LogP contribution < -0.4 is 5.32 Å². The van der Waals surface area contributed by atoms with E-state index in [2.05, 4.69) is 31.4 Å². The second-order valence-electron chi connectivity index (χ2n) is 6.95. The summed E-state index contributed by atoms with van der Waals surface area (Å²) in [6.45, 7) is 2.22. The summed E-state index contributed by atoms with van der Waals surface area (Å²) in [7, 11) is 1.72. The lowest BCUT2D eigenvalue weighted by molar-refractivity contribution is -0.131. The molecule has 0 spiro atoms. The highest BCUT2D eigenvalue weighted by Gasteiger charge is 2.20. The standard InChI is InChI=1S/C21H22BrFN4O2S/c1-13(24-20(28)18-8-9-19(22)30-18)21(29)27(2)10-4-7-16-12-17(26-25-16)14-5-3-6-15(23)11-14/h3,5-6,8-9,11-13H,4,7,10H2,1-2H3,(H,24,28)(H,25,26). The van der Waals surface area contributed by atoms with Crippen molar-refractivity contribution in [2.24, 2.45) is 0 Å². The molecular formula is C21H22BrFN4O2S. The highest BCUT2D eigenvalue weighted by molar-refractivity contribution is 9.11. The highest BCUT2D eigenvalue weighted by atomic mass is 79.9. The third-order valence-electron chi connectivity index (χ3n) is 4.58. The molecule has 0 saturated heterocycles. The number of nitrogens with zero attached hydrogens (tertiary/aromatic N) is 2. The van der Waals surface area contributed by atoms with Crippen molar-refractivity contribution in [3.63, 3.8) is 0 Å². The van der Waals surface area contributed by atoms with Crippen molar-refractivity contribution in [3.05, 3.63) is 62.6 Å². The summed E-state index contributed by atoms with van der Waals surface area (Å²) in [4.78, 5) is 26.9. The minimum absolute atomic E-state index is 0.149. The molecule has 1 unspecified atom stereocenters. The van der Waals surface area contributed by atoms with Crippen LogP contribution >= 0.6 is 27.3 Å². The van der Waals surface area contributed by atoms with Crippen molar-refractivity contribution in [3.8, 4) is 11.3 Å². The Morgan fingerprint density at radius 3 is 2.80 bits per heavy atom. The highest BCUT2D eigenvalue weighted by Crippen LogP contribution is 2.22. The third-order valence-corrected chi connectivity index (χ3v) is 6.20. The Kier molecular flexibility index (Phi) is 7.38. The first-order valence-corrected chi connectivity index (χ1v) is 11.1. The van der Waals surface area contributed by atoms with Crippen LogP contribution in [0.1, 0.15) is 28.7 Å². The van der Waals surface area contributed by atoms with Crippen LogP contribution in [0, 0.1) is 5.82 Å². The number of halogens is 2. The maximum Gasteiger partial charge on any atom is 0.262 e. The first-order valence-electron chi connectivity index (χ1n) is 9.45. The fraction of sp³-hybridized carbons (Fsp3) is 0.286. The van der Waals surface area contributed by atoms with Gasteiger partial charge in [-0.05, 0) is 66.0 Å². The van der Waals surface area contributed by atoms with E-state index in [9.17, 15) is 14.0 Å². The fourth-order valence-electron chi connectivity index (χ4n) is 3.00. The maximum atomic E-state index is 13.4. The fourth-order valence-corrected chi connectivity index (χ4v) is 4.29. The SMILES string of the molecule is CC(NC(=O)c1ccc(Br)s1)C(=O)N(C)CCCc1cc(-c2cccc(F)c2)n[nH]1. The number of amides is 2. The van der Waals surface area contributed by atoms with Crippen molar-refractivity contribution in [2.45, 2.75) is 25.8 Å².